The first-order valence-corrected chi connectivity index (χ1v) is 11.5. The molecule has 0 bridgehead atoms. The Hall–Kier alpha value is -3.23. The number of benzene rings is 3. The number of carbonyl (C=O) groups is 1. The molecule has 3 aromatic carbocycles. The molecule has 3 rings (SSSR count). The summed E-state index contributed by atoms with van der Waals surface area (Å²) >= 11 is 0. The number of nitrogens with zero attached hydrogens (tertiary/aromatic N) is 2. The van der Waals surface area contributed by atoms with E-state index in [9.17, 15) is 17.6 Å². The van der Waals surface area contributed by atoms with Gasteiger partial charge in [-0.05, 0) is 68.4 Å². The van der Waals surface area contributed by atoms with Gasteiger partial charge < -0.3 is 10.2 Å². The third kappa shape index (κ3) is 4.98. The van der Waals surface area contributed by atoms with Gasteiger partial charge in [-0.3, -0.25) is 4.79 Å². The van der Waals surface area contributed by atoms with Crippen molar-refractivity contribution in [3.8, 4) is 0 Å². The zero-order chi connectivity index (χ0) is 23.5. The van der Waals surface area contributed by atoms with Crippen molar-refractivity contribution in [3.05, 3.63) is 84.2 Å². The van der Waals surface area contributed by atoms with Gasteiger partial charge in [0.2, 0.25) is 10.0 Å². The molecule has 0 atom stereocenters. The number of para-hydroxylation sites is 1. The van der Waals surface area contributed by atoms with E-state index in [2.05, 4.69) is 5.32 Å². The van der Waals surface area contributed by atoms with Crippen molar-refractivity contribution in [2.45, 2.75) is 24.8 Å². The monoisotopic (exact) mass is 455 g/mol. The molecular weight excluding hydrogens is 429 g/mol. The van der Waals surface area contributed by atoms with Gasteiger partial charge in [0.25, 0.3) is 5.91 Å². The van der Waals surface area contributed by atoms with Crippen LogP contribution in [0.5, 0.6) is 0 Å². The van der Waals surface area contributed by atoms with E-state index in [0.29, 0.717) is 5.69 Å². The van der Waals surface area contributed by atoms with Gasteiger partial charge in [-0.1, -0.05) is 18.2 Å². The van der Waals surface area contributed by atoms with Crippen LogP contribution in [0.25, 0.3) is 0 Å². The maximum atomic E-state index is 14.3. The summed E-state index contributed by atoms with van der Waals surface area (Å²) in [6, 6.07) is 20.2. The lowest BCUT2D eigenvalue weighted by atomic mass is 10.1. The molecule has 1 amide bonds. The average Bonchev–Trinajstić information content (AvgIpc) is 2.75. The largest absolute Gasteiger partial charge is 0.356 e. The summed E-state index contributed by atoms with van der Waals surface area (Å²) in [6.07, 6.45) is 0. The van der Waals surface area contributed by atoms with E-state index in [1.165, 1.54) is 20.2 Å². The molecular formula is C24H26FN3O3S. The molecule has 1 N–H and O–H groups in total. The van der Waals surface area contributed by atoms with Crippen LogP contribution in [0, 0.1) is 5.82 Å². The van der Waals surface area contributed by atoms with Gasteiger partial charge in [0.1, 0.15) is 10.7 Å². The maximum absolute atomic E-state index is 14.3. The standard InChI is InChI=1S/C24H26FN3O3S/c1-17(2)28(21-13-11-20(12-14-21)26-19-8-6-5-7-9-19)24(29)18-10-15-22(25)23(16-18)32(30,31)27(3)4/h5-17,26H,1-4H3. The zero-order valence-corrected chi connectivity index (χ0v) is 19.2. The topological polar surface area (TPSA) is 69.7 Å². The minimum atomic E-state index is -4.03. The Kier molecular flexibility index (Phi) is 6.96. The first-order valence-electron chi connectivity index (χ1n) is 10.1. The van der Waals surface area contributed by atoms with Crippen molar-refractivity contribution in [3.63, 3.8) is 0 Å². The van der Waals surface area contributed by atoms with Crippen LogP contribution < -0.4 is 10.2 Å². The van der Waals surface area contributed by atoms with Gasteiger partial charge >= 0.3 is 0 Å². The van der Waals surface area contributed by atoms with Crippen molar-refractivity contribution >= 4 is 33.0 Å². The van der Waals surface area contributed by atoms with E-state index in [1.807, 2.05) is 68.4 Å². The molecule has 32 heavy (non-hydrogen) atoms. The lowest BCUT2D eigenvalue weighted by Crippen LogP contribution is -2.37. The second kappa shape index (κ2) is 9.50. The molecule has 0 fully saturated rings. The summed E-state index contributed by atoms with van der Waals surface area (Å²) < 4.78 is 40.1. The molecule has 3 aromatic rings. The third-order valence-electron chi connectivity index (χ3n) is 4.88. The summed E-state index contributed by atoms with van der Waals surface area (Å²) in [7, 11) is -1.40. The molecule has 0 unspecified atom stereocenters. The Labute approximate surface area is 188 Å². The second-order valence-corrected chi connectivity index (χ2v) is 9.86. The van der Waals surface area contributed by atoms with Crippen molar-refractivity contribution in [2.24, 2.45) is 0 Å². The van der Waals surface area contributed by atoms with Crippen LogP contribution >= 0.6 is 0 Å². The normalized spacial score (nSPS) is 11.6. The van der Waals surface area contributed by atoms with E-state index >= 15 is 0 Å². The number of amides is 1. The van der Waals surface area contributed by atoms with E-state index in [4.69, 9.17) is 0 Å². The number of carbonyl (C=O) groups excluding carboxylic acids is 1. The number of halogens is 1. The fourth-order valence-corrected chi connectivity index (χ4v) is 4.20. The summed E-state index contributed by atoms with van der Waals surface area (Å²) in [4.78, 5) is 14.3. The Morgan fingerprint density at radius 1 is 0.906 bits per heavy atom. The quantitative estimate of drug-likeness (QED) is 0.552. The highest BCUT2D eigenvalue weighted by Crippen LogP contribution is 2.26. The highest BCUT2D eigenvalue weighted by atomic mass is 32.2. The van der Waals surface area contributed by atoms with Crippen LogP contribution in [0.15, 0.2) is 77.7 Å². The van der Waals surface area contributed by atoms with Crippen LogP contribution in [0.3, 0.4) is 0 Å². The number of hydrogen-bond donors (Lipinski definition) is 1. The Bertz CT molecular complexity index is 1190. The molecule has 6 nitrogen and oxygen atoms in total. The summed E-state index contributed by atoms with van der Waals surface area (Å²) in [5, 5.41) is 3.28. The van der Waals surface area contributed by atoms with Gasteiger partial charge in [-0.2, -0.15) is 0 Å². The van der Waals surface area contributed by atoms with Gasteiger partial charge in [0.15, 0.2) is 0 Å². The van der Waals surface area contributed by atoms with Crippen LogP contribution in [0.1, 0.15) is 24.2 Å². The van der Waals surface area contributed by atoms with Crippen LogP contribution in [0.2, 0.25) is 0 Å². The van der Waals surface area contributed by atoms with E-state index in [1.54, 1.807) is 4.90 Å². The second-order valence-electron chi connectivity index (χ2n) is 7.74. The molecule has 0 aliphatic carbocycles. The van der Waals surface area contributed by atoms with E-state index < -0.39 is 26.6 Å². The minimum Gasteiger partial charge on any atom is -0.356 e. The van der Waals surface area contributed by atoms with Gasteiger partial charge in [0, 0.05) is 42.8 Å². The Balaban J connectivity index is 1.91. The van der Waals surface area contributed by atoms with Crippen LogP contribution in [-0.2, 0) is 10.0 Å². The van der Waals surface area contributed by atoms with Crippen molar-refractivity contribution in [1.82, 2.24) is 4.31 Å². The molecule has 168 valence electrons. The molecule has 0 radical (unpaired) electrons. The van der Waals surface area contributed by atoms with E-state index in [0.717, 1.165) is 27.8 Å². The fraction of sp³-hybridized carbons (Fsp3) is 0.208. The predicted octanol–water partition coefficient (Wildman–Crippen LogP) is 4.87. The number of sulfonamides is 1. The number of hydrogen-bond acceptors (Lipinski definition) is 4. The molecule has 0 saturated carbocycles. The fourth-order valence-electron chi connectivity index (χ4n) is 3.21. The molecule has 0 aromatic heterocycles. The number of anilines is 3. The summed E-state index contributed by atoms with van der Waals surface area (Å²) in [6.45, 7) is 3.71. The minimum absolute atomic E-state index is 0.0898. The molecule has 0 saturated heterocycles. The Morgan fingerprint density at radius 3 is 2.06 bits per heavy atom. The summed E-state index contributed by atoms with van der Waals surface area (Å²) in [5.74, 6) is -1.32. The Morgan fingerprint density at radius 2 is 1.50 bits per heavy atom. The molecule has 0 aliphatic heterocycles. The van der Waals surface area contributed by atoms with Gasteiger partial charge in [0.05, 0.1) is 0 Å². The lowest BCUT2D eigenvalue weighted by Gasteiger charge is -2.27. The smallest absolute Gasteiger partial charge is 0.258 e. The van der Waals surface area contributed by atoms with Crippen LogP contribution in [0.4, 0.5) is 21.5 Å². The molecule has 0 spiro atoms. The van der Waals surface area contributed by atoms with Crippen molar-refractivity contribution in [2.75, 3.05) is 24.3 Å². The number of nitrogens with one attached hydrogen (secondary N) is 1. The molecule has 0 aliphatic rings. The summed E-state index contributed by atoms with van der Waals surface area (Å²) in [5.41, 5.74) is 2.53. The van der Waals surface area contributed by atoms with Gasteiger partial charge in [-0.15, -0.1) is 0 Å². The predicted molar refractivity (Wildman–Crippen MR) is 125 cm³/mol. The third-order valence-corrected chi connectivity index (χ3v) is 6.71. The SMILES string of the molecule is CC(C)N(C(=O)c1ccc(F)c(S(=O)(=O)N(C)C)c1)c1ccc(Nc2ccccc2)cc1. The highest BCUT2D eigenvalue weighted by molar-refractivity contribution is 7.89. The first-order chi connectivity index (χ1) is 15.1. The zero-order valence-electron chi connectivity index (χ0n) is 18.4. The van der Waals surface area contributed by atoms with E-state index in [-0.39, 0.29) is 11.6 Å². The van der Waals surface area contributed by atoms with Crippen LogP contribution in [-0.4, -0.2) is 38.8 Å². The lowest BCUT2D eigenvalue weighted by molar-refractivity contribution is 0.0980. The average molecular weight is 456 g/mol. The first kappa shape index (κ1) is 23.4. The highest BCUT2D eigenvalue weighted by Gasteiger charge is 2.26. The number of rotatable bonds is 7. The molecule has 0 heterocycles. The van der Waals surface area contributed by atoms with Crippen molar-refractivity contribution < 1.29 is 17.6 Å². The molecule has 8 heteroatoms. The maximum Gasteiger partial charge on any atom is 0.258 e. The van der Waals surface area contributed by atoms with Gasteiger partial charge in [-0.25, -0.2) is 17.1 Å². The van der Waals surface area contributed by atoms with Crippen molar-refractivity contribution in [1.29, 1.82) is 0 Å².